The molecule has 0 atom stereocenters. The summed E-state index contributed by atoms with van der Waals surface area (Å²) in [6.45, 7) is 1.00. The van der Waals surface area contributed by atoms with Crippen LogP contribution in [0.25, 0.3) is 16.4 Å². The third kappa shape index (κ3) is 33.4. The predicted octanol–water partition coefficient (Wildman–Crippen LogP) is -3.50. The number of aromatic nitrogens is 3. The maximum atomic E-state index is 8.95. The smallest absolute Gasteiger partial charge is 0.753 e. The summed E-state index contributed by atoms with van der Waals surface area (Å²) in [5.74, 6) is -0.333. The van der Waals surface area contributed by atoms with Crippen molar-refractivity contribution < 1.29 is 57.4 Å². The number of carbonyl (C=O) groups excluding carboxylic acids is 1. The van der Waals surface area contributed by atoms with Gasteiger partial charge >= 0.3 is 17.1 Å². The summed E-state index contributed by atoms with van der Waals surface area (Å²) in [5.41, 5.74) is 10.3. The van der Waals surface area contributed by atoms with Crippen molar-refractivity contribution in [1.82, 2.24) is 20.1 Å². The Kier molecular flexibility index (Phi) is 41.6. The molecule has 0 bridgehead atoms. The third-order valence-corrected chi connectivity index (χ3v) is 2.58. The third-order valence-electron chi connectivity index (χ3n) is 2.58. The Morgan fingerprint density at radius 3 is 1.79 bits per heavy atom. The van der Waals surface area contributed by atoms with Gasteiger partial charge in [0.05, 0.1) is 19.8 Å². The molecule has 0 aliphatic heterocycles. The van der Waals surface area contributed by atoms with Gasteiger partial charge < -0.3 is 52.4 Å². The number of carbonyl (C=O) groups is 2. The van der Waals surface area contributed by atoms with Crippen LogP contribution in [0.5, 0.6) is 0 Å². The zero-order valence-corrected chi connectivity index (χ0v) is 19.5. The quantitative estimate of drug-likeness (QED) is 0.0428. The van der Waals surface area contributed by atoms with E-state index < -0.39 is 6.47 Å². The number of carboxylic acid groups (broad SMARTS) is 2. The predicted molar refractivity (Wildman–Crippen MR) is 119 cm³/mol. The van der Waals surface area contributed by atoms with Crippen LogP contribution in [-0.2, 0) is 26.7 Å². The Labute approximate surface area is 210 Å². The van der Waals surface area contributed by atoms with E-state index in [1.54, 1.807) is 17.0 Å². The van der Waals surface area contributed by atoms with E-state index in [2.05, 4.69) is 34.0 Å². The standard InChI is InChI=1S/C6H5N3O.C6H15NO3.CH5N3.CNS.2CH2O2.Cu/c10-9-6-4-2-1-3-5(6)7-8-9;8-4-1-7(2-5-9)3-6-10;2-1(3)4;3*2-1-3;/h1-4,10H;8-10H,1-6H2;(H5,2,3,4);;2*1H,(H,2,3);/q;;;-1;;;+2/p-1. The van der Waals surface area contributed by atoms with Gasteiger partial charge in [-0.05, 0) is 17.3 Å². The van der Waals surface area contributed by atoms with Crippen molar-refractivity contribution >= 4 is 47.3 Å². The zero-order chi connectivity index (χ0) is 26.5. The first-order valence-corrected chi connectivity index (χ1v) is 8.90. The van der Waals surface area contributed by atoms with Crippen molar-refractivity contribution in [2.24, 2.45) is 11.5 Å². The molecular formula is C16H28CuN8O8S. The van der Waals surface area contributed by atoms with E-state index in [1.807, 2.05) is 12.1 Å². The van der Waals surface area contributed by atoms with Crippen LogP contribution in [0.15, 0.2) is 24.3 Å². The molecule has 34 heavy (non-hydrogen) atoms. The number of nitrogens with zero attached hydrogens (tertiary/aromatic N) is 5. The molecule has 1 heterocycles. The number of hydrogen-bond acceptors (Lipinski definition) is 12. The molecule has 197 valence electrons. The first-order valence-electron chi connectivity index (χ1n) is 8.49. The van der Waals surface area contributed by atoms with E-state index in [0.29, 0.717) is 30.7 Å². The Morgan fingerprint density at radius 2 is 1.50 bits per heavy atom. The van der Waals surface area contributed by atoms with Gasteiger partial charge in [-0.1, -0.05) is 29.2 Å². The molecule has 1 radical (unpaired) electrons. The molecule has 0 fully saturated rings. The number of nitrogens with two attached hydrogens (primary N) is 2. The Morgan fingerprint density at radius 1 is 1.18 bits per heavy atom. The van der Waals surface area contributed by atoms with Crippen molar-refractivity contribution in [2.75, 3.05) is 39.5 Å². The van der Waals surface area contributed by atoms with Crippen LogP contribution in [0.3, 0.4) is 0 Å². The molecule has 0 saturated heterocycles. The molecule has 18 heteroatoms. The largest absolute Gasteiger partial charge is 2.00 e. The second-order valence-electron chi connectivity index (χ2n) is 4.73. The maximum absolute atomic E-state index is 8.95. The van der Waals surface area contributed by atoms with Crippen molar-refractivity contribution in [3.8, 4) is 0 Å². The average Bonchev–Trinajstić information content (AvgIpc) is 3.12. The summed E-state index contributed by atoms with van der Waals surface area (Å²) in [4.78, 5) is 19.2. The normalized spacial score (nSPS) is 7.88. The average molecular weight is 556 g/mol. The molecule has 0 aliphatic carbocycles. The first kappa shape index (κ1) is 41.1. The summed E-state index contributed by atoms with van der Waals surface area (Å²) in [5, 5.41) is 71.2. The van der Waals surface area contributed by atoms with Gasteiger partial charge in [0, 0.05) is 26.1 Å². The Bertz CT molecular complexity index is 741. The summed E-state index contributed by atoms with van der Waals surface area (Å²) < 4.78 is 0. The Hall–Kier alpha value is -3.21. The van der Waals surface area contributed by atoms with E-state index in [-0.39, 0.29) is 49.3 Å². The molecule has 1 aromatic heterocycles. The number of aliphatic hydroxyl groups excluding tert-OH is 3. The molecule has 2 rings (SSSR count). The first-order chi connectivity index (χ1) is 15.7. The van der Waals surface area contributed by atoms with Crippen molar-refractivity contribution in [1.29, 1.82) is 5.41 Å². The number of para-hydroxylation sites is 1. The SMILES string of the molecule is N=C(N)N.O=CO.O=C[O-].OCCN(CCO)CCO.On1nnc2ccccc21.[Cu+2].[N-]=C=S. The number of thiocarbonyl (C=S) groups is 1. The topological polar surface area (TPSA) is 290 Å². The molecular weight excluding hydrogens is 528 g/mol. The molecule has 0 unspecified atom stereocenters. The van der Waals surface area contributed by atoms with E-state index in [9.17, 15) is 0 Å². The number of nitrogens with one attached hydrogen (secondary N) is 1. The van der Waals surface area contributed by atoms with Gasteiger partial charge in [0.15, 0.2) is 5.96 Å². The van der Waals surface area contributed by atoms with Gasteiger partial charge in [-0.2, -0.15) is 5.16 Å². The van der Waals surface area contributed by atoms with E-state index in [4.69, 9.17) is 51.1 Å². The van der Waals surface area contributed by atoms with Gasteiger partial charge in [-0.25, -0.2) is 0 Å². The number of benzene rings is 1. The molecule has 0 amide bonds. The fourth-order valence-electron chi connectivity index (χ4n) is 1.62. The molecule has 10 N–H and O–H groups in total. The second-order valence-corrected chi connectivity index (χ2v) is 4.91. The van der Waals surface area contributed by atoms with Crippen LogP contribution in [0, 0.1) is 5.41 Å². The van der Waals surface area contributed by atoms with E-state index in [0.717, 1.165) is 4.85 Å². The molecule has 16 nitrogen and oxygen atoms in total. The summed E-state index contributed by atoms with van der Waals surface area (Å²) in [7, 11) is 0. The maximum Gasteiger partial charge on any atom is 2.00 e. The fraction of sp³-hybridized carbons (Fsp3) is 0.375. The Balaban J connectivity index is -0.000000109. The number of rotatable bonds is 6. The van der Waals surface area contributed by atoms with Gasteiger partial charge in [-0.15, -0.1) is 5.10 Å². The fourth-order valence-corrected chi connectivity index (χ4v) is 1.62. The van der Waals surface area contributed by atoms with Gasteiger partial charge in [0.25, 0.3) is 6.47 Å². The number of hydrogen-bond donors (Lipinski definition) is 8. The van der Waals surface area contributed by atoms with Crippen molar-refractivity contribution in [3.05, 3.63) is 29.7 Å². The van der Waals surface area contributed by atoms with Crippen LogP contribution in [0.1, 0.15) is 0 Å². The number of guanidine groups is 1. The van der Waals surface area contributed by atoms with Crippen LogP contribution in [0.4, 0.5) is 0 Å². The number of fused-ring (bicyclic) bond motifs is 1. The van der Waals surface area contributed by atoms with E-state index >= 15 is 0 Å². The van der Waals surface area contributed by atoms with Crippen LogP contribution >= 0.6 is 12.2 Å². The molecule has 0 spiro atoms. The number of aliphatic hydroxyl groups is 3. The van der Waals surface area contributed by atoms with E-state index in [1.165, 1.54) is 5.16 Å². The molecule has 0 saturated carbocycles. The minimum Gasteiger partial charge on any atom is -0.753 e. The monoisotopic (exact) mass is 555 g/mol. The minimum atomic E-state index is -0.500. The summed E-state index contributed by atoms with van der Waals surface area (Å²) in [6.07, 6.45) is 0. The molecule has 2 aromatic rings. The molecule has 0 aliphatic rings. The van der Waals surface area contributed by atoms with Crippen LogP contribution in [-0.4, -0.2) is 109 Å². The van der Waals surface area contributed by atoms with Gasteiger partial charge in [0.1, 0.15) is 11.0 Å². The number of isothiocyanates is 1. The minimum absolute atomic E-state index is 0. The second kappa shape index (κ2) is 34.4. The van der Waals surface area contributed by atoms with Crippen molar-refractivity contribution in [3.63, 3.8) is 0 Å². The van der Waals surface area contributed by atoms with Gasteiger partial charge in [0.2, 0.25) is 0 Å². The summed E-state index contributed by atoms with van der Waals surface area (Å²) in [6, 6.07) is 7.19. The van der Waals surface area contributed by atoms with Crippen molar-refractivity contribution in [2.45, 2.75) is 0 Å². The van der Waals surface area contributed by atoms with Crippen LogP contribution in [0.2, 0.25) is 0 Å². The van der Waals surface area contributed by atoms with Crippen LogP contribution < -0.4 is 16.6 Å². The molecule has 1 aromatic carbocycles. The van der Waals surface area contributed by atoms with Gasteiger partial charge in [-0.3, -0.25) is 15.1 Å². The zero-order valence-electron chi connectivity index (χ0n) is 17.8. The summed E-state index contributed by atoms with van der Waals surface area (Å²) >= 11 is 3.70.